The zero-order chi connectivity index (χ0) is 9.84. The van der Waals surface area contributed by atoms with Gasteiger partial charge >= 0.3 is 0 Å². The van der Waals surface area contributed by atoms with Crippen LogP contribution in [0.5, 0.6) is 0 Å². The molecule has 0 unspecified atom stereocenters. The lowest BCUT2D eigenvalue weighted by atomic mass is 10.1. The Hall–Kier alpha value is -0.350. The molecule has 0 aliphatic carbocycles. The fourth-order valence-corrected chi connectivity index (χ4v) is 1.39. The van der Waals surface area contributed by atoms with E-state index in [4.69, 9.17) is 29.1 Å². The molecule has 0 bridgehead atoms. The van der Waals surface area contributed by atoms with E-state index in [2.05, 4.69) is 4.84 Å². The minimum absolute atomic E-state index is 0.0708. The van der Waals surface area contributed by atoms with Crippen molar-refractivity contribution in [3.63, 3.8) is 0 Å². The van der Waals surface area contributed by atoms with E-state index in [1.165, 1.54) is 0 Å². The molecular formula is C8H8Cl2FNO. The maximum atomic E-state index is 13.0. The van der Waals surface area contributed by atoms with Crippen molar-refractivity contribution in [2.45, 2.75) is 6.42 Å². The number of nitrogens with two attached hydrogens (primary N) is 1. The van der Waals surface area contributed by atoms with Crippen LogP contribution in [0.15, 0.2) is 12.1 Å². The Morgan fingerprint density at radius 1 is 1.38 bits per heavy atom. The molecule has 13 heavy (non-hydrogen) atoms. The van der Waals surface area contributed by atoms with Gasteiger partial charge in [0, 0.05) is 5.02 Å². The molecule has 0 saturated carbocycles. The predicted octanol–water partition coefficient (Wildman–Crippen LogP) is 2.57. The number of hydrogen-bond donors (Lipinski definition) is 1. The minimum atomic E-state index is -0.527. The van der Waals surface area contributed by atoms with Gasteiger partial charge in [0.15, 0.2) is 0 Å². The van der Waals surface area contributed by atoms with Gasteiger partial charge in [-0.25, -0.2) is 10.3 Å². The SMILES string of the molecule is NOCCc1cc(Cl)cc(F)c1Cl. The van der Waals surface area contributed by atoms with Gasteiger partial charge in [-0.3, -0.25) is 0 Å². The fraction of sp³-hybridized carbons (Fsp3) is 0.250. The summed E-state index contributed by atoms with van der Waals surface area (Å²) in [6.07, 6.45) is 0.437. The Bertz CT molecular complexity index is 306. The second-order valence-electron chi connectivity index (χ2n) is 2.48. The van der Waals surface area contributed by atoms with Crippen molar-refractivity contribution in [2.75, 3.05) is 6.61 Å². The summed E-state index contributed by atoms with van der Waals surface area (Å²) >= 11 is 11.3. The molecule has 0 aromatic heterocycles. The van der Waals surface area contributed by atoms with Crippen LogP contribution in [0.2, 0.25) is 10.0 Å². The molecule has 2 nitrogen and oxygen atoms in total. The van der Waals surface area contributed by atoms with Gasteiger partial charge in [0.05, 0.1) is 11.6 Å². The van der Waals surface area contributed by atoms with Gasteiger partial charge < -0.3 is 4.84 Å². The van der Waals surface area contributed by atoms with Crippen molar-refractivity contribution in [2.24, 2.45) is 5.90 Å². The topological polar surface area (TPSA) is 35.2 Å². The quantitative estimate of drug-likeness (QED) is 0.632. The van der Waals surface area contributed by atoms with Crippen LogP contribution < -0.4 is 5.90 Å². The highest BCUT2D eigenvalue weighted by Gasteiger charge is 2.07. The van der Waals surface area contributed by atoms with Gasteiger partial charge in [0.1, 0.15) is 5.82 Å². The second-order valence-corrected chi connectivity index (χ2v) is 3.30. The molecule has 1 rings (SSSR count). The van der Waals surface area contributed by atoms with E-state index in [9.17, 15) is 4.39 Å². The van der Waals surface area contributed by atoms with Crippen LogP contribution >= 0.6 is 23.2 Å². The number of halogens is 3. The first-order chi connectivity index (χ1) is 6.15. The van der Waals surface area contributed by atoms with Crippen LogP contribution in [0.4, 0.5) is 4.39 Å². The van der Waals surface area contributed by atoms with E-state index in [1.54, 1.807) is 6.07 Å². The van der Waals surface area contributed by atoms with E-state index in [-0.39, 0.29) is 11.6 Å². The van der Waals surface area contributed by atoms with Crippen LogP contribution in [0.1, 0.15) is 5.56 Å². The lowest BCUT2D eigenvalue weighted by Crippen LogP contribution is -2.04. The summed E-state index contributed by atoms with van der Waals surface area (Å²) in [6, 6.07) is 2.75. The van der Waals surface area contributed by atoms with Crippen LogP contribution in [-0.4, -0.2) is 6.61 Å². The maximum Gasteiger partial charge on any atom is 0.143 e. The van der Waals surface area contributed by atoms with Gasteiger partial charge in [0.25, 0.3) is 0 Å². The van der Waals surface area contributed by atoms with E-state index in [0.717, 1.165) is 6.07 Å². The van der Waals surface area contributed by atoms with E-state index < -0.39 is 5.82 Å². The Morgan fingerprint density at radius 3 is 2.69 bits per heavy atom. The number of rotatable bonds is 3. The molecule has 0 spiro atoms. The van der Waals surface area contributed by atoms with Crippen LogP contribution in [-0.2, 0) is 11.3 Å². The summed E-state index contributed by atoms with van der Waals surface area (Å²) in [5.41, 5.74) is 0.595. The Morgan fingerprint density at radius 2 is 2.08 bits per heavy atom. The van der Waals surface area contributed by atoms with Crippen molar-refractivity contribution < 1.29 is 9.23 Å². The largest absolute Gasteiger partial charge is 0.304 e. The zero-order valence-electron chi connectivity index (χ0n) is 6.69. The Balaban J connectivity index is 2.92. The molecule has 0 fully saturated rings. The Kier molecular flexibility index (Phi) is 3.93. The molecule has 0 amide bonds. The van der Waals surface area contributed by atoms with Crippen molar-refractivity contribution in [3.05, 3.63) is 33.6 Å². The zero-order valence-corrected chi connectivity index (χ0v) is 8.20. The van der Waals surface area contributed by atoms with E-state index in [1.807, 2.05) is 0 Å². The molecule has 0 saturated heterocycles. The smallest absolute Gasteiger partial charge is 0.143 e. The van der Waals surface area contributed by atoms with Crippen molar-refractivity contribution in [3.8, 4) is 0 Å². The molecule has 5 heteroatoms. The number of benzene rings is 1. The minimum Gasteiger partial charge on any atom is -0.304 e. The summed E-state index contributed by atoms with van der Waals surface area (Å²) in [7, 11) is 0. The molecule has 2 N–H and O–H groups in total. The lowest BCUT2D eigenvalue weighted by molar-refractivity contribution is 0.141. The van der Waals surface area contributed by atoms with Crippen molar-refractivity contribution in [1.82, 2.24) is 0 Å². The highest BCUT2D eigenvalue weighted by molar-refractivity contribution is 6.33. The molecule has 0 heterocycles. The van der Waals surface area contributed by atoms with Crippen LogP contribution in [0.25, 0.3) is 0 Å². The third-order valence-electron chi connectivity index (χ3n) is 1.56. The standard InChI is InChI=1S/C8H8Cl2FNO/c9-6-3-5(1-2-13-12)8(10)7(11)4-6/h3-4H,1-2,12H2. The first kappa shape index (κ1) is 10.7. The molecule has 72 valence electrons. The van der Waals surface area contributed by atoms with E-state index in [0.29, 0.717) is 17.0 Å². The van der Waals surface area contributed by atoms with Gasteiger partial charge in [-0.05, 0) is 24.1 Å². The summed E-state index contributed by atoms with van der Waals surface area (Å²) in [5, 5.41) is 0.385. The molecule has 0 aliphatic heterocycles. The van der Waals surface area contributed by atoms with Gasteiger partial charge in [-0.2, -0.15) is 0 Å². The third kappa shape index (κ3) is 2.81. The highest BCUT2D eigenvalue weighted by atomic mass is 35.5. The maximum absolute atomic E-state index is 13.0. The lowest BCUT2D eigenvalue weighted by Gasteiger charge is -2.04. The second kappa shape index (κ2) is 4.77. The number of hydrogen-bond acceptors (Lipinski definition) is 2. The monoisotopic (exact) mass is 223 g/mol. The van der Waals surface area contributed by atoms with Gasteiger partial charge in [-0.15, -0.1) is 0 Å². The average Bonchev–Trinajstić information content (AvgIpc) is 2.09. The molecule has 0 atom stereocenters. The Labute approximate surface area is 85.3 Å². The fourth-order valence-electron chi connectivity index (χ4n) is 0.960. The van der Waals surface area contributed by atoms with Gasteiger partial charge in [-0.1, -0.05) is 23.2 Å². The summed E-state index contributed by atoms with van der Waals surface area (Å²) in [6.45, 7) is 0.277. The first-order valence-electron chi connectivity index (χ1n) is 3.60. The average molecular weight is 224 g/mol. The molecule has 1 aromatic carbocycles. The molecular weight excluding hydrogens is 216 g/mol. The van der Waals surface area contributed by atoms with Crippen molar-refractivity contribution >= 4 is 23.2 Å². The van der Waals surface area contributed by atoms with Crippen LogP contribution in [0, 0.1) is 5.82 Å². The molecule has 0 radical (unpaired) electrons. The predicted molar refractivity (Wildman–Crippen MR) is 50.3 cm³/mol. The summed E-state index contributed by atoms with van der Waals surface area (Å²) in [5.74, 6) is 4.31. The van der Waals surface area contributed by atoms with E-state index >= 15 is 0 Å². The van der Waals surface area contributed by atoms with Crippen molar-refractivity contribution in [1.29, 1.82) is 0 Å². The first-order valence-corrected chi connectivity index (χ1v) is 4.36. The summed E-state index contributed by atoms with van der Waals surface area (Å²) < 4.78 is 13.0. The molecule has 0 aliphatic rings. The van der Waals surface area contributed by atoms with Gasteiger partial charge in [0.2, 0.25) is 0 Å². The summed E-state index contributed by atoms with van der Waals surface area (Å²) in [4.78, 5) is 4.36. The normalized spacial score (nSPS) is 10.5. The molecule has 1 aromatic rings. The third-order valence-corrected chi connectivity index (χ3v) is 2.20. The highest BCUT2D eigenvalue weighted by Crippen LogP contribution is 2.24. The van der Waals surface area contributed by atoms with Crippen LogP contribution in [0.3, 0.4) is 0 Å².